The van der Waals surface area contributed by atoms with Gasteiger partial charge in [-0.15, -0.1) is 0 Å². The molecular weight excluding hydrogens is 388 g/mol. The Kier molecular flexibility index (Phi) is 6.61. The molecule has 0 saturated carbocycles. The highest BCUT2D eigenvalue weighted by atomic mass is 15.1. The zero-order chi connectivity index (χ0) is 22.5. The lowest BCUT2D eigenvalue weighted by atomic mass is 10.0. The largest absolute Gasteiger partial charge is 0.342 e. The van der Waals surface area contributed by atoms with Crippen molar-refractivity contribution in [2.75, 3.05) is 22.9 Å². The summed E-state index contributed by atoms with van der Waals surface area (Å²) < 4.78 is 0. The van der Waals surface area contributed by atoms with Crippen LogP contribution >= 0.6 is 0 Å². The highest BCUT2D eigenvalue weighted by Gasteiger charge is 2.09. The fourth-order valence-electron chi connectivity index (χ4n) is 4.15. The standard InChI is InChI=1S/C30H32N2/c1-5-31(27-15-7-23(3)8-16-27)29-19-11-25(12-20-29)26-13-21-30(22-14-26)32(6-2)28-17-9-24(4)10-18-28/h7-22H,5-6H2,1-4H3. The van der Waals surface area contributed by atoms with Crippen molar-refractivity contribution in [1.82, 2.24) is 0 Å². The molecule has 0 atom stereocenters. The fourth-order valence-corrected chi connectivity index (χ4v) is 4.15. The van der Waals surface area contributed by atoms with Crippen molar-refractivity contribution in [1.29, 1.82) is 0 Å². The molecule has 0 aliphatic rings. The number of hydrogen-bond acceptors (Lipinski definition) is 2. The summed E-state index contributed by atoms with van der Waals surface area (Å²) in [6.07, 6.45) is 0. The highest BCUT2D eigenvalue weighted by molar-refractivity contribution is 5.72. The molecule has 4 aromatic carbocycles. The van der Waals surface area contributed by atoms with Crippen LogP contribution in [-0.4, -0.2) is 13.1 Å². The molecule has 0 amide bonds. The molecule has 2 heteroatoms. The second-order valence-electron chi connectivity index (χ2n) is 8.25. The van der Waals surface area contributed by atoms with Crippen molar-refractivity contribution in [3.63, 3.8) is 0 Å². The van der Waals surface area contributed by atoms with Gasteiger partial charge in [0, 0.05) is 35.8 Å². The monoisotopic (exact) mass is 420 g/mol. The second kappa shape index (κ2) is 9.74. The lowest BCUT2D eigenvalue weighted by Gasteiger charge is -2.24. The fraction of sp³-hybridized carbons (Fsp3) is 0.200. The van der Waals surface area contributed by atoms with Crippen molar-refractivity contribution in [3.8, 4) is 11.1 Å². The summed E-state index contributed by atoms with van der Waals surface area (Å²) >= 11 is 0. The molecule has 32 heavy (non-hydrogen) atoms. The molecule has 0 fully saturated rings. The van der Waals surface area contributed by atoms with Gasteiger partial charge in [-0.3, -0.25) is 0 Å². The quantitative estimate of drug-likeness (QED) is 0.297. The number of aryl methyl sites for hydroxylation is 2. The van der Waals surface area contributed by atoms with Gasteiger partial charge in [0.05, 0.1) is 0 Å². The lowest BCUT2D eigenvalue weighted by molar-refractivity contribution is 1.02. The van der Waals surface area contributed by atoms with E-state index in [0.717, 1.165) is 13.1 Å². The van der Waals surface area contributed by atoms with Gasteiger partial charge in [0.15, 0.2) is 0 Å². The van der Waals surface area contributed by atoms with Crippen molar-refractivity contribution < 1.29 is 0 Å². The number of nitrogens with zero attached hydrogens (tertiary/aromatic N) is 2. The Morgan fingerprint density at radius 2 is 0.656 bits per heavy atom. The minimum absolute atomic E-state index is 0.933. The average molecular weight is 421 g/mol. The molecule has 0 spiro atoms. The first kappa shape index (κ1) is 21.7. The predicted molar refractivity (Wildman–Crippen MR) is 140 cm³/mol. The normalized spacial score (nSPS) is 10.8. The minimum atomic E-state index is 0.933. The van der Waals surface area contributed by atoms with Gasteiger partial charge in [-0.25, -0.2) is 0 Å². The Labute approximate surface area is 192 Å². The molecule has 4 rings (SSSR count). The van der Waals surface area contributed by atoms with Crippen LogP contribution in [0.1, 0.15) is 25.0 Å². The van der Waals surface area contributed by atoms with E-state index in [1.807, 2.05) is 0 Å². The Balaban J connectivity index is 1.54. The third kappa shape index (κ3) is 4.70. The van der Waals surface area contributed by atoms with E-state index in [2.05, 4.69) is 135 Å². The maximum Gasteiger partial charge on any atom is 0.0411 e. The number of rotatable bonds is 7. The zero-order valence-electron chi connectivity index (χ0n) is 19.5. The number of anilines is 4. The van der Waals surface area contributed by atoms with Crippen LogP contribution in [0.4, 0.5) is 22.7 Å². The Bertz CT molecular complexity index is 1030. The summed E-state index contributed by atoms with van der Waals surface area (Å²) in [5.41, 5.74) is 9.93. The van der Waals surface area contributed by atoms with Gasteiger partial charge in [-0.1, -0.05) is 59.7 Å². The van der Waals surface area contributed by atoms with Gasteiger partial charge in [0.1, 0.15) is 0 Å². The molecule has 0 heterocycles. The van der Waals surface area contributed by atoms with Crippen LogP contribution in [0.3, 0.4) is 0 Å². The van der Waals surface area contributed by atoms with Crippen LogP contribution in [0, 0.1) is 13.8 Å². The Morgan fingerprint density at radius 3 is 0.906 bits per heavy atom. The van der Waals surface area contributed by atoms with E-state index in [1.54, 1.807) is 0 Å². The number of hydrogen-bond donors (Lipinski definition) is 0. The molecular formula is C30H32N2. The van der Waals surface area contributed by atoms with Crippen LogP contribution in [-0.2, 0) is 0 Å². The summed E-state index contributed by atoms with van der Waals surface area (Å²) in [4.78, 5) is 4.68. The molecule has 2 nitrogen and oxygen atoms in total. The summed E-state index contributed by atoms with van der Waals surface area (Å²) in [6, 6.07) is 35.2. The molecule has 0 N–H and O–H groups in total. The molecule has 0 saturated heterocycles. The SMILES string of the molecule is CCN(c1ccc(C)cc1)c1ccc(-c2ccc(N(CC)c3ccc(C)cc3)cc2)cc1. The molecule has 0 aliphatic heterocycles. The van der Waals surface area contributed by atoms with Crippen molar-refractivity contribution in [2.45, 2.75) is 27.7 Å². The predicted octanol–water partition coefficient (Wildman–Crippen LogP) is 8.29. The van der Waals surface area contributed by atoms with Gasteiger partial charge in [-0.05, 0) is 87.4 Å². The Morgan fingerprint density at radius 1 is 0.406 bits per heavy atom. The molecule has 0 bridgehead atoms. The van der Waals surface area contributed by atoms with Crippen LogP contribution < -0.4 is 9.80 Å². The first-order chi connectivity index (χ1) is 15.6. The summed E-state index contributed by atoms with van der Waals surface area (Å²) in [7, 11) is 0. The minimum Gasteiger partial charge on any atom is -0.342 e. The summed E-state index contributed by atoms with van der Waals surface area (Å²) in [5, 5.41) is 0. The maximum atomic E-state index is 2.34. The molecule has 4 aromatic rings. The highest BCUT2D eigenvalue weighted by Crippen LogP contribution is 2.31. The zero-order valence-corrected chi connectivity index (χ0v) is 19.5. The third-order valence-corrected chi connectivity index (χ3v) is 6.02. The van der Waals surface area contributed by atoms with Crippen molar-refractivity contribution >= 4 is 22.7 Å². The summed E-state index contributed by atoms with van der Waals surface area (Å²) in [5.74, 6) is 0. The van der Waals surface area contributed by atoms with E-state index in [9.17, 15) is 0 Å². The molecule has 0 aliphatic carbocycles. The van der Waals surface area contributed by atoms with Crippen LogP contribution in [0.5, 0.6) is 0 Å². The van der Waals surface area contributed by atoms with Crippen molar-refractivity contribution in [2.24, 2.45) is 0 Å². The smallest absolute Gasteiger partial charge is 0.0411 e. The van der Waals surface area contributed by atoms with Gasteiger partial charge >= 0.3 is 0 Å². The molecule has 0 unspecified atom stereocenters. The van der Waals surface area contributed by atoms with Gasteiger partial charge < -0.3 is 9.80 Å². The van der Waals surface area contributed by atoms with E-state index in [-0.39, 0.29) is 0 Å². The van der Waals surface area contributed by atoms with Crippen molar-refractivity contribution in [3.05, 3.63) is 108 Å². The van der Waals surface area contributed by atoms with E-state index in [4.69, 9.17) is 0 Å². The van der Waals surface area contributed by atoms with Gasteiger partial charge in [0.25, 0.3) is 0 Å². The Hall–Kier alpha value is -3.52. The topological polar surface area (TPSA) is 6.48 Å². The molecule has 0 radical (unpaired) electrons. The number of benzene rings is 4. The van der Waals surface area contributed by atoms with E-state index in [1.165, 1.54) is 45.0 Å². The second-order valence-corrected chi connectivity index (χ2v) is 8.25. The van der Waals surface area contributed by atoms with Gasteiger partial charge in [-0.2, -0.15) is 0 Å². The van der Waals surface area contributed by atoms with Crippen LogP contribution in [0.25, 0.3) is 11.1 Å². The molecule has 162 valence electrons. The van der Waals surface area contributed by atoms with Crippen LogP contribution in [0.15, 0.2) is 97.1 Å². The van der Waals surface area contributed by atoms with Crippen LogP contribution in [0.2, 0.25) is 0 Å². The van der Waals surface area contributed by atoms with Gasteiger partial charge in [0.2, 0.25) is 0 Å². The van der Waals surface area contributed by atoms with E-state index < -0.39 is 0 Å². The average Bonchev–Trinajstić information content (AvgIpc) is 2.83. The first-order valence-corrected chi connectivity index (χ1v) is 11.5. The maximum absolute atomic E-state index is 2.34. The third-order valence-electron chi connectivity index (χ3n) is 6.02. The van der Waals surface area contributed by atoms with E-state index in [0.29, 0.717) is 0 Å². The first-order valence-electron chi connectivity index (χ1n) is 11.5. The summed E-state index contributed by atoms with van der Waals surface area (Å²) in [6.45, 7) is 10.5. The lowest BCUT2D eigenvalue weighted by Crippen LogP contribution is -2.15. The van der Waals surface area contributed by atoms with E-state index >= 15 is 0 Å². The molecule has 0 aromatic heterocycles.